The molecule has 1 atom stereocenters. The number of hydrogen-bond acceptors (Lipinski definition) is 4. The maximum atomic E-state index is 13.3. The second kappa shape index (κ2) is 8.44. The molecule has 1 aromatic carbocycles. The van der Waals surface area contributed by atoms with Crippen molar-refractivity contribution in [3.63, 3.8) is 0 Å². The van der Waals surface area contributed by atoms with Crippen LogP contribution in [-0.2, 0) is 0 Å². The van der Waals surface area contributed by atoms with Gasteiger partial charge < -0.3 is 10.4 Å². The van der Waals surface area contributed by atoms with Crippen LogP contribution in [0, 0.1) is 11.3 Å². The lowest BCUT2D eigenvalue weighted by molar-refractivity contribution is -0.188. The molecule has 9 heteroatoms. The molecule has 1 aliphatic heterocycles. The van der Waals surface area contributed by atoms with Gasteiger partial charge in [-0.05, 0) is 6.07 Å². The normalized spacial score (nSPS) is 16.8. The van der Waals surface area contributed by atoms with Gasteiger partial charge in [0.2, 0.25) is 0 Å². The molecule has 1 saturated heterocycles. The number of halogens is 5. The lowest BCUT2D eigenvalue weighted by Gasteiger charge is -2.36. The van der Waals surface area contributed by atoms with E-state index in [9.17, 15) is 18.3 Å². The van der Waals surface area contributed by atoms with Crippen LogP contribution in [0.2, 0.25) is 0 Å². The third-order valence-electron chi connectivity index (χ3n) is 3.31. The number of nitrogens with one attached hydrogen (secondary N) is 1. The molecule has 0 aliphatic carbocycles. The molecule has 22 heavy (non-hydrogen) atoms. The minimum atomic E-state index is -4.51. The first-order valence-corrected chi connectivity index (χ1v) is 6.18. The van der Waals surface area contributed by atoms with E-state index in [-0.39, 0.29) is 49.0 Å². The van der Waals surface area contributed by atoms with E-state index in [1.807, 2.05) is 0 Å². The topological polar surface area (TPSA) is 59.3 Å². The van der Waals surface area contributed by atoms with Gasteiger partial charge in [0.15, 0.2) is 0 Å². The Morgan fingerprint density at radius 2 is 1.82 bits per heavy atom. The maximum Gasteiger partial charge on any atom is 0.408 e. The minimum Gasteiger partial charge on any atom is -0.506 e. The van der Waals surface area contributed by atoms with Crippen molar-refractivity contribution in [1.82, 2.24) is 10.2 Å². The summed E-state index contributed by atoms with van der Waals surface area (Å²) in [5.74, 6) is -0.587. The number of rotatable bonds is 2. The smallest absolute Gasteiger partial charge is 0.408 e. The third-order valence-corrected chi connectivity index (χ3v) is 3.31. The Kier molecular flexibility index (Phi) is 7.98. The molecule has 4 nitrogen and oxygen atoms in total. The highest BCUT2D eigenvalue weighted by atomic mass is 35.5. The summed E-state index contributed by atoms with van der Waals surface area (Å²) in [7, 11) is 0. The highest BCUT2D eigenvalue weighted by Gasteiger charge is 2.46. The molecule has 1 aromatic rings. The second-order valence-electron chi connectivity index (χ2n) is 4.59. The minimum absolute atomic E-state index is 0. The molecule has 2 N–H and O–H groups in total. The van der Waals surface area contributed by atoms with Crippen molar-refractivity contribution in [3.8, 4) is 11.8 Å². The number of alkyl halides is 3. The molecule has 124 valence electrons. The Hall–Kier alpha value is -1.20. The van der Waals surface area contributed by atoms with Gasteiger partial charge in [-0.1, -0.05) is 12.1 Å². The van der Waals surface area contributed by atoms with E-state index in [1.54, 1.807) is 6.07 Å². The van der Waals surface area contributed by atoms with Crippen molar-refractivity contribution in [2.75, 3.05) is 26.2 Å². The lowest BCUT2D eigenvalue weighted by Crippen LogP contribution is -2.49. The first kappa shape index (κ1) is 20.8. The van der Waals surface area contributed by atoms with Gasteiger partial charge in [-0.15, -0.1) is 24.8 Å². The molecule has 0 amide bonds. The molecule has 0 saturated carbocycles. The first-order chi connectivity index (χ1) is 9.45. The number of nitrogens with zero attached hydrogens (tertiary/aromatic N) is 2. The molecule has 0 bridgehead atoms. The predicted molar refractivity (Wildman–Crippen MR) is 80.6 cm³/mol. The van der Waals surface area contributed by atoms with Crippen LogP contribution in [0.4, 0.5) is 13.2 Å². The summed E-state index contributed by atoms with van der Waals surface area (Å²) in [4.78, 5) is 1.27. The molecule has 1 aliphatic rings. The molecule has 0 unspecified atom stereocenters. The Balaban J connectivity index is 0.00000220. The van der Waals surface area contributed by atoms with Crippen LogP contribution in [0.3, 0.4) is 0 Å². The fourth-order valence-corrected chi connectivity index (χ4v) is 2.39. The zero-order chi connectivity index (χ0) is 14.8. The van der Waals surface area contributed by atoms with Crippen molar-refractivity contribution in [3.05, 3.63) is 29.3 Å². The number of hydrogen-bond donors (Lipinski definition) is 2. The van der Waals surface area contributed by atoms with E-state index < -0.39 is 18.0 Å². The van der Waals surface area contributed by atoms with E-state index in [2.05, 4.69) is 5.32 Å². The van der Waals surface area contributed by atoms with Crippen molar-refractivity contribution in [2.24, 2.45) is 0 Å². The number of aromatic hydroxyl groups is 1. The molecular formula is C13H16Cl2F3N3O. The first-order valence-electron chi connectivity index (χ1n) is 6.18. The summed E-state index contributed by atoms with van der Waals surface area (Å²) < 4.78 is 40.0. The maximum absolute atomic E-state index is 13.3. The van der Waals surface area contributed by atoms with Crippen molar-refractivity contribution < 1.29 is 18.3 Å². The summed E-state index contributed by atoms with van der Waals surface area (Å²) in [5.41, 5.74) is -0.412. The van der Waals surface area contributed by atoms with Gasteiger partial charge in [-0.3, -0.25) is 4.90 Å². The molecule has 1 fully saturated rings. The van der Waals surface area contributed by atoms with Crippen LogP contribution in [0.5, 0.6) is 5.75 Å². The van der Waals surface area contributed by atoms with Crippen molar-refractivity contribution in [2.45, 2.75) is 12.2 Å². The summed E-state index contributed by atoms with van der Waals surface area (Å²) >= 11 is 0. The number of nitriles is 1. The number of phenols is 1. The quantitative estimate of drug-likeness (QED) is 0.854. The molecular weight excluding hydrogens is 342 g/mol. The number of piperazine rings is 1. The molecule has 2 rings (SSSR count). The molecule has 0 radical (unpaired) electrons. The van der Waals surface area contributed by atoms with Crippen molar-refractivity contribution in [1.29, 1.82) is 5.26 Å². The van der Waals surface area contributed by atoms with Gasteiger partial charge in [0.05, 0.1) is 5.56 Å². The van der Waals surface area contributed by atoms with E-state index in [0.29, 0.717) is 13.1 Å². The van der Waals surface area contributed by atoms with Gasteiger partial charge in [-0.25, -0.2) is 0 Å². The molecule has 1 heterocycles. The number of benzene rings is 1. The van der Waals surface area contributed by atoms with Crippen LogP contribution in [0.15, 0.2) is 18.2 Å². The summed E-state index contributed by atoms with van der Waals surface area (Å²) in [6.07, 6.45) is -4.51. The Labute approximate surface area is 138 Å². The largest absolute Gasteiger partial charge is 0.506 e. The van der Waals surface area contributed by atoms with E-state index in [1.165, 1.54) is 23.1 Å². The van der Waals surface area contributed by atoms with Crippen LogP contribution >= 0.6 is 24.8 Å². The average molecular weight is 358 g/mol. The Bertz CT molecular complexity index is 528. The zero-order valence-electron chi connectivity index (χ0n) is 11.4. The Morgan fingerprint density at radius 3 is 2.32 bits per heavy atom. The Morgan fingerprint density at radius 1 is 1.23 bits per heavy atom. The molecule has 0 aromatic heterocycles. The standard InChI is InChI=1S/C13H14F3N3O.2ClH/c14-13(15,16)12(19-6-4-18-5-7-19)10-3-1-2-9(8-17)11(10)20;;/h1-3,12,18,20H,4-7H2;2*1H/t12-;;/m1../s1. The van der Waals surface area contributed by atoms with E-state index in [0.717, 1.165) is 0 Å². The van der Waals surface area contributed by atoms with Gasteiger partial charge in [0.1, 0.15) is 17.9 Å². The SMILES string of the molecule is Cl.Cl.N#Cc1cccc([C@@H](N2CCNCC2)C(F)(F)F)c1O. The fraction of sp³-hybridized carbons (Fsp3) is 0.462. The van der Waals surface area contributed by atoms with Gasteiger partial charge in [0.25, 0.3) is 0 Å². The van der Waals surface area contributed by atoms with E-state index >= 15 is 0 Å². The van der Waals surface area contributed by atoms with Crippen LogP contribution in [0.25, 0.3) is 0 Å². The van der Waals surface area contributed by atoms with Crippen LogP contribution in [0.1, 0.15) is 17.2 Å². The van der Waals surface area contributed by atoms with Gasteiger partial charge in [-0.2, -0.15) is 18.4 Å². The highest BCUT2D eigenvalue weighted by molar-refractivity contribution is 5.85. The van der Waals surface area contributed by atoms with Crippen LogP contribution in [-0.4, -0.2) is 42.4 Å². The monoisotopic (exact) mass is 357 g/mol. The van der Waals surface area contributed by atoms with Gasteiger partial charge >= 0.3 is 6.18 Å². The number of phenolic OH excluding ortho intramolecular Hbond substituents is 1. The third kappa shape index (κ3) is 4.40. The van der Waals surface area contributed by atoms with Crippen LogP contribution < -0.4 is 5.32 Å². The van der Waals surface area contributed by atoms with E-state index in [4.69, 9.17) is 5.26 Å². The lowest BCUT2D eigenvalue weighted by atomic mass is 10.00. The number of para-hydroxylation sites is 1. The predicted octanol–water partition coefficient (Wildman–Crippen LogP) is 2.62. The van der Waals surface area contributed by atoms with Crippen molar-refractivity contribution >= 4 is 24.8 Å². The highest BCUT2D eigenvalue weighted by Crippen LogP contribution is 2.42. The van der Waals surface area contributed by atoms with Gasteiger partial charge in [0, 0.05) is 31.7 Å². The fourth-order valence-electron chi connectivity index (χ4n) is 2.39. The summed E-state index contributed by atoms with van der Waals surface area (Å²) in [6, 6.07) is 3.68. The summed E-state index contributed by atoms with van der Waals surface area (Å²) in [5, 5.41) is 21.7. The molecule has 0 spiro atoms. The summed E-state index contributed by atoms with van der Waals surface area (Å²) in [6.45, 7) is 1.40. The zero-order valence-corrected chi connectivity index (χ0v) is 13.1. The second-order valence-corrected chi connectivity index (χ2v) is 4.59. The average Bonchev–Trinajstić information content (AvgIpc) is 2.41.